The third kappa shape index (κ3) is 4.58. The largest absolute Gasteiger partial charge is 0.383 e. The SMILES string of the molecule is COC[C@@H](C)NC(=O)c1ccc(N(C)S(=O)(=O)c2ccccc2)cc1. The van der Waals surface area contributed by atoms with Gasteiger partial charge in [0.25, 0.3) is 15.9 Å². The minimum absolute atomic E-state index is 0.113. The molecule has 0 saturated heterocycles. The van der Waals surface area contributed by atoms with E-state index in [1.807, 2.05) is 6.92 Å². The molecule has 6 nitrogen and oxygen atoms in total. The molecule has 0 radical (unpaired) electrons. The molecule has 1 N–H and O–H groups in total. The van der Waals surface area contributed by atoms with Gasteiger partial charge < -0.3 is 10.1 Å². The number of methoxy groups -OCH3 is 1. The molecule has 1 amide bonds. The first-order valence-corrected chi connectivity index (χ1v) is 9.24. The zero-order chi connectivity index (χ0) is 18.4. The second-order valence-corrected chi connectivity index (χ2v) is 7.63. The lowest BCUT2D eigenvalue weighted by Crippen LogP contribution is -2.35. The molecule has 0 saturated carbocycles. The van der Waals surface area contributed by atoms with Crippen molar-refractivity contribution in [2.45, 2.75) is 17.9 Å². The van der Waals surface area contributed by atoms with Crippen molar-refractivity contribution in [2.75, 3.05) is 25.1 Å². The number of rotatable bonds is 7. The Hall–Kier alpha value is -2.38. The number of carbonyl (C=O) groups is 1. The van der Waals surface area contributed by atoms with E-state index < -0.39 is 10.0 Å². The average molecular weight is 362 g/mol. The van der Waals surface area contributed by atoms with Crippen LogP contribution in [-0.4, -0.2) is 41.1 Å². The maximum absolute atomic E-state index is 12.6. The molecule has 0 fully saturated rings. The summed E-state index contributed by atoms with van der Waals surface area (Å²) in [6, 6.07) is 14.5. The molecule has 0 aliphatic rings. The molecular weight excluding hydrogens is 340 g/mol. The number of hydrogen-bond donors (Lipinski definition) is 1. The zero-order valence-corrected chi connectivity index (χ0v) is 15.3. The lowest BCUT2D eigenvalue weighted by molar-refractivity contribution is 0.0905. The summed E-state index contributed by atoms with van der Waals surface area (Å²) in [6.45, 7) is 2.26. The van der Waals surface area contributed by atoms with E-state index in [-0.39, 0.29) is 16.8 Å². The van der Waals surface area contributed by atoms with E-state index in [1.165, 1.54) is 11.4 Å². The summed E-state index contributed by atoms with van der Waals surface area (Å²) in [5.41, 5.74) is 0.933. The van der Waals surface area contributed by atoms with Crippen LogP contribution in [0.25, 0.3) is 0 Å². The van der Waals surface area contributed by atoms with Crippen LogP contribution in [0.15, 0.2) is 59.5 Å². The zero-order valence-electron chi connectivity index (χ0n) is 14.5. The van der Waals surface area contributed by atoms with Crippen molar-refractivity contribution in [3.05, 3.63) is 60.2 Å². The van der Waals surface area contributed by atoms with Gasteiger partial charge in [0.05, 0.1) is 17.2 Å². The van der Waals surface area contributed by atoms with Crippen LogP contribution < -0.4 is 9.62 Å². The maximum atomic E-state index is 12.6. The average Bonchev–Trinajstić information content (AvgIpc) is 2.62. The van der Waals surface area contributed by atoms with Crippen molar-refractivity contribution in [1.82, 2.24) is 5.32 Å². The van der Waals surface area contributed by atoms with Crippen molar-refractivity contribution in [3.63, 3.8) is 0 Å². The Morgan fingerprint density at radius 3 is 2.28 bits per heavy atom. The number of benzene rings is 2. The molecule has 0 aromatic heterocycles. The number of anilines is 1. The maximum Gasteiger partial charge on any atom is 0.264 e. The fraction of sp³-hybridized carbons (Fsp3) is 0.278. The van der Waals surface area contributed by atoms with Gasteiger partial charge in [-0.3, -0.25) is 9.10 Å². The Balaban J connectivity index is 2.15. The van der Waals surface area contributed by atoms with Gasteiger partial charge in [-0.25, -0.2) is 8.42 Å². The highest BCUT2D eigenvalue weighted by Gasteiger charge is 2.21. The lowest BCUT2D eigenvalue weighted by Gasteiger charge is -2.20. The van der Waals surface area contributed by atoms with E-state index in [0.717, 1.165) is 0 Å². The standard InChI is InChI=1S/C18H22N2O4S/c1-14(13-24-3)19-18(21)15-9-11-16(12-10-15)20(2)25(22,23)17-7-5-4-6-8-17/h4-12,14H,13H2,1-3H3,(H,19,21)/t14-/m1/s1. The molecular formula is C18H22N2O4S. The number of sulfonamides is 1. The summed E-state index contributed by atoms with van der Waals surface area (Å²) in [6.07, 6.45) is 0. The predicted molar refractivity (Wildman–Crippen MR) is 97.3 cm³/mol. The molecule has 0 aliphatic heterocycles. The summed E-state index contributed by atoms with van der Waals surface area (Å²) in [7, 11) is -0.581. The van der Waals surface area contributed by atoms with Gasteiger partial charge in [-0.1, -0.05) is 18.2 Å². The van der Waals surface area contributed by atoms with Gasteiger partial charge >= 0.3 is 0 Å². The fourth-order valence-electron chi connectivity index (χ4n) is 2.31. The molecule has 0 unspecified atom stereocenters. The molecule has 25 heavy (non-hydrogen) atoms. The van der Waals surface area contributed by atoms with Gasteiger partial charge in [-0.2, -0.15) is 0 Å². The molecule has 2 rings (SSSR count). The van der Waals surface area contributed by atoms with Crippen LogP contribution in [0.3, 0.4) is 0 Å². The van der Waals surface area contributed by atoms with Crippen LogP contribution in [0.1, 0.15) is 17.3 Å². The highest BCUT2D eigenvalue weighted by atomic mass is 32.2. The summed E-state index contributed by atoms with van der Waals surface area (Å²) in [4.78, 5) is 12.3. The Labute approximate surface area is 148 Å². The first kappa shape index (κ1) is 19.0. The van der Waals surface area contributed by atoms with E-state index >= 15 is 0 Å². The van der Waals surface area contributed by atoms with E-state index in [0.29, 0.717) is 17.9 Å². The predicted octanol–water partition coefficient (Wildman–Crippen LogP) is 2.28. The van der Waals surface area contributed by atoms with Gasteiger partial charge in [0.15, 0.2) is 0 Å². The summed E-state index contributed by atoms with van der Waals surface area (Å²) < 4.78 is 31.4. The summed E-state index contributed by atoms with van der Waals surface area (Å²) >= 11 is 0. The number of nitrogens with one attached hydrogen (secondary N) is 1. The van der Waals surface area contributed by atoms with Crippen LogP contribution in [0.5, 0.6) is 0 Å². The molecule has 2 aromatic rings. The molecule has 0 bridgehead atoms. The molecule has 0 spiro atoms. The van der Waals surface area contributed by atoms with Crippen molar-refractivity contribution < 1.29 is 17.9 Å². The third-order valence-corrected chi connectivity index (χ3v) is 5.49. The van der Waals surface area contributed by atoms with Gasteiger partial charge in [0.2, 0.25) is 0 Å². The van der Waals surface area contributed by atoms with Crippen LogP contribution in [0.4, 0.5) is 5.69 Å². The Morgan fingerprint density at radius 2 is 1.72 bits per heavy atom. The van der Waals surface area contributed by atoms with Crippen molar-refractivity contribution in [2.24, 2.45) is 0 Å². The quantitative estimate of drug-likeness (QED) is 0.820. The second-order valence-electron chi connectivity index (χ2n) is 5.66. The Morgan fingerprint density at radius 1 is 1.12 bits per heavy atom. The lowest BCUT2D eigenvalue weighted by atomic mass is 10.2. The Kier molecular flexibility index (Phi) is 6.17. The number of amides is 1. The van der Waals surface area contributed by atoms with Crippen LogP contribution in [0, 0.1) is 0 Å². The number of hydrogen-bond acceptors (Lipinski definition) is 4. The highest BCUT2D eigenvalue weighted by Crippen LogP contribution is 2.22. The second kappa shape index (κ2) is 8.13. The van der Waals surface area contributed by atoms with Crippen molar-refractivity contribution in [3.8, 4) is 0 Å². The van der Waals surface area contributed by atoms with Crippen molar-refractivity contribution >= 4 is 21.6 Å². The molecule has 0 aliphatic carbocycles. The third-order valence-electron chi connectivity index (χ3n) is 3.69. The molecule has 1 atom stereocenters. The van der Waals surface area contributed by atoms with Crippen LogP contribution in [0.2, 0.25) is 0 Å². The molecule has 0 heterocycles. The molecule has 134 valence electrons. The van der Waals surface area contributed by atoms with E-state index in [9.17, 15) is 13.2 Å². The molecule has 2 aromatic carbocycles. The van der Waals surface area contributed by atoms with Gasteiger partial charge in [-0.05, 0) is 43.3 Å². The monoisotopic (exact) mass is 362 g/mol. The first-order chi connectivity index (χ1) is 11.9. The summed E-state index contributed by atoms with van der Waals surface area (Å²) in [5, 5.41) is 2.81. The normalized spacial score (nSPS) is 12.4. The minimum atomic E-state index is -3.64. The smallest absolute Gasteiger partial charge is 0.264 e. The summed E-state index contributed by atoms with van der Waals surface area (Å²) in [5.74, 6) is -0.232. The van der Waals surface area contributed by atoms with Crippen molar-refractivity contribution in [1.29, 1.82) is 0 Å². The number of nitrogens with zero attached hydrogens (tertiary/aromatic N) is 1. The van der Waals surface area contributed by atoms with Gasteiger partial charge in [-0.15, -0.1) is 0 Å². The Bertz CT molecular complexity index is 805. The van der Waals surface area contributed by atoms with Crippen LogP contribution in [-0.2, 0) is 14.8 Å². The van der Waals surface area contributed by atoms with E-state index in [4.69, 9.17) is 4.74 Å². The van der Waals surface area contributed by atoms with E-state index in [1.54, 1.807) is 61.7 Å². The topological polar surface area (TPSA) is 75.7 Å². The minimum Gasteiger partial charge on any atom is -0.383 e. The van der Waals surface area contributed by atoms with E-state index in [2.05, 4.69) is 5.32 Å². The van der Waals surface area contributed by atoms with Crippen LogP contribution >= 0.6 is 0 Å². The highest BCUT2D eigenvalue weighted by molar-refractivity contribution is 7.92. The van der Waals surface area contributed by atoms with Gasteiger partial charge in [0.1, 0.15) is 0 Å². The molecule has 7 heteroatoms. The fourth-order valence-corrected chi connectivity index (χ4v) is 3.53. The number of ether oxygens (including phenoxy) is 1. The number of carbonyl (C=O) groups excluding carboxylic acids is 1. The van der Waals surface area contributed by atoms with Gasteiger partial charge in [0, 0.05) is 25.8 Å². The first-order valence-electron chi connectivity index (χ1n) is 7.80.